The first-order valence-corrected chi connectivity index (χ1v) is 9.17. The molecule has 1 aliphatic rings. The van der Waals surface area contributed by atoms with E-state index in [1.807, 2.05) is 30.3 Å². The molecule has 0 saturated carbocycles. The normalized spacial score (nSPS) is 16.2. The highest BCUT2D eigenvalue weighted by Crippen LogP contribution is 2.39. The van der Waals surface area contributed by atoms with Crippen LogP contribution < -0.4 is 4.74 Å². The number of aliphatic hydroxyl groups is 1. The molecule has 1 atom stereocenters. The maximum Gasteiger partial charge on any atom is 0.165 e. The van der Waals surface area contributed by atoms with E-state index in [2.05, 4.69) is 9.88 Å². The standard InChI is InChI=1S/C19H20N2O3S/c1-12(22)10-21-6-7-24-18-14(11-21)8-13(9-16(18)23)19-20-15-4-2-3-5-17(15)25-19/h2-5,8-9,12,22-23H,6-7,10-11H2,1H3/t12-/m1/s1. The summed E-state index contributed by atoms with van der Waals surface area (Å²) in [4.78, 5) is 6.81. The highest BCUT2D eigenvalue weighted by Gasteiger charge is 2.21. The second kappa shape index (κ2) is 6.63. The number of hydrogen-bond donors (Lipinski definition) is 2. The average Bonchev–Trinajstić information content (AvgIpc) is 2.90. The average molecular weight is 356 g/mol. The molecule has 0 amide bonds. The number of aromatic nitrogens is 1. The Morgan fingerprint density at radius 3 is 2.96 bits per heavy atom. The number of nitrogens with zero attached hydrogens (tertiary/aromatic N) is 2. The Morgan fingerprint density at radius 1 is 1.32 bits per heavy atom. The number of aliphatic hydroxyl groups excluding tert-OH is 1. The number of thiazole rings is 1. The number of phenols is 1. The molecule has 3 aromatic rings. The van der Waals surface area contributed by atoms with Gasteiger partial charge in [-0.05, 0) is 31.2 Å². The molecule has 0 spiro atoms. The zero-order valence-corrected chi connectivity index (χ0v) is 14.8. The first-order valence-electron chi connectivity index (χ1n) is 8.35. The zero-order chi connectivity index (χ0) is 17.4. The lowest BCUT2D eigenvalue weighted by Gasteiger charge is -2.20. The summed E-state index contributed by atoms with van der Waals surface area (Å²) in [5, 5.41) is 21.0. The Bertz CT molecular complexity index is 874. The van der Waals surface area contributed by atoms with Crippen LogP contribution in [0.4, 0.5) is 0 Å². The molecule has 0 aliphatic carbocycles. The molecular weight excluding hydrogens is 336 g/mol. The summed E-state index contributed by atoms with van der Waals surface area (Å²) in [6.07, 6.45) is -0.400. The van der Waals surface area contributed by atoms with Crippen LogP contribution in [-0.2, 0) is 6.54 Å². The van der Waals surface area contributed by atoms with E-state index in [4.69, 9.17) is 4.74 Å². The number of hydrogen-bond acceptors (Lipinski definition) is 6. The van der Waals surface area contributed by atoms with Crippen LogP contribution in [-0.4, -0.2) is 45.9 Å². The van der Waals surface area contributed by atoms with E-state index in [0.29, 0.717) is 25.4 Å². The molecule has 130 valence electrons. The van der Waals surface area contributed by atoms with Crippen molar-refractivity contribution in [2.45, 2.75) is 19.6 Å². The topological polar surface area (TPSA) is 65.8 Å². The first kappa shape index (κ1) is 16.3. The van der Waals surface area contributed by atoms with Crippen LogP contribution in [0.3, 0.4) is 0 Å². The van der Waals surface area contributed by atoms with Gasteiger partial charge in [-0.25, -0.2) is 4.98 Å². The summed E-state index contributed by atoms with van der Waals surface area (Å²) in [5.41, 5.74) is 2.77. The summed E-state index contributed by atoms with van der Waals surface area (Å²) in [7, 11) is 0. The van der Waals surface area contributed by atoms with Gasteiger partial charge in [0.05, 0.1) is 16.3 Å². The van der Waals surface area contributed by atoms with Gasteiger partial charge in [-0.15, -0.1) is 11.3 Å². The molecule has 2 aromatic carbocycles. The van der Waals surface area contributed by atoms with Crippen molar-refractivity contribution >= 4 is 21.6 Å². The van der Waals surface area contributed by atoms with Crippen molar-refractivity contribution in [3.63, 3.8) is 0 Å². The van der Waals surface area contributed by atoms with Crippen LogP contribution in [0.15, 0.2) is 36.4 Å². The van der Waals surface area contributed by atoms with Crippen molar-refractivity contribution in [2.75, 3.05) is 19.7 Å². The fourth-order valence-corrected chi connectivity index (χ4v) is 4.15. The molecule has 1 aliphatic heterocycles. The molecule has 25 heavy (non-hydrogen) atoms. The molecular formula is C19H20N2O3S. The van der Waals surface area contributed by atoms with Crippen LogP contribution in [0.5, 0.6) is 11.5 Å². The third-order valence-corrected chi connectivity index (χ3v) is 5.34. The van der Waals surface area contributed by atoms with Gasteiger partial charge in [0.2, 0.25) is 0 Å². The van der Waals surface area contributed by atoms with Gasteiger partial charge in [0.25, 0.3) is 0 Å². The molecule has 0 bridgehead atoms. The number of β-amino-alcohol motifs (C(OH)–C–C–N with tert-alkyl or cyclic N) is 1. The Morgan fingerprint density at radius 2 is 2.16 bits per heavy atom. The molecule has 0 unspecified atom stereocenters. The Balaban J connectivity index is 1.73. The summed E-state index contributed by atoms with van der Waals surface area (Å²) < 4.78 is 6.87. The highest BCUT2D eigenvalue weighted by molar-refractivity contribution is 7.21. The van der Waals surface area contributed by atoms with E-state index >= 15 is 0 Å². The summed E-state index contributed by atoms with van der Waals surface area (Å²) in [6, 6.07) is 11.8. The minimum atomic E-state index is -0.400. The predicted molar refractivity (Wildman–Crippen MR) is 99.2 cm³/mol. The Hall–Kier alpha value is -2.15. The maximum atomic E-state index is 10.5. The van der Waals surface area contributed by atoms with E-state index in [9.17, 15) is 10.2 Å². The van der Waals surface area contributed by atoms with Crippen molar-refractivity contribution in [1.29, 1.82) is 0 Å². The number of fused-ring (bicyclic) bond motifs is 2. The van der Waals surface area contributed by atoms with Crippen LogP contribution in [0.1, 0.15) is 12.5 Å². The van der Waals surface area contributed by atoms with E-state index < -0.39 is 6.10 Å². The smallest absolute Gasteiger partial charge is 0.165 e. The summed E-state index contributed by atoms with van der Waals surface area (Å²) in [6.45, 7) is 4.20. The molecule has 1 aromatic heterocycles. The molecule has 6 heteroatoms. The molecule has 2 heterocycles. The number of rotatable bonds is 3. The van der Waals surface area contributed by atoms with Crippen LogP contribution >= 0.6 is 11.3 Å². The second-order valence-electron chi connectivity index (χ2n) is 6.40. The molecule has 0 saturated heterocycles. The van der Waals surface area contributed by atoms with Crippen LogP contribution in [0, 0.1) is 0 Å². The summed E-state index contributed by atoms with van der Waals surface area (Å²) >= 11 is 1.61. The minimum Gasteiger partial charge on any atom is -0.504 e. The lowest BCUT2D eigenvalue weighted by atomic mass is 10.1. The molecule has 4 rings (SSSR count). The first-order chi connectivity index (χ1) is 12.1. The third kappa shape index (κ3) is 3.33. The number of benzene rings is 2. The quantitative estimate of drug-likeness (QED) is 0.754. The Labute approximate surface area is 150 Å². The molecule has 0 fully saturated rings. The lowest BCUT2D eigenvalue weighted by molar-refractivity contribution is 0.117. The Kier molecular flexibility index (Phi) is 4.33. The molecule has 0 radical (unpaired) electrons. The van der Waals surface area contributed by atoms with Crippen LogP contribution in [0.25, 0.3) is 20.8 Å². The van der Waals surface area contributed by atoms with Crippen molar-refractivity contribution in [1.82, 2.24) is 9.88 Å². The van der Waals surface area contributed by atoms with Gasteiger partial charge in [-0.3, -0.25) is 4.90 Å². The van der Waals surface area contributed by atoms with E-state index in [1.165, 1.54) is 0 Å². The van der Waals surface area contributed by atoms with Gasteiger partial charge in [-0.1, -0.05) is 12.1 Å². The van der Waals surface area contributed by atoms with Crippen molar-refractivity contribution in [3.05, 3.63) is 42.0 Å². The van der Waals surface area contributed by atoms with Crippen molar-refractivity contribution in [2.24, 2.45) is 0 Å². The van der Waals surface area contributed by atoms with Crippen molar-refractivity contribution < 1.29 is 14.9 Å². The zero-order valence-electron chi connectivity index (χ0n) is 14.0. The monoisotopic (exact) mass is 356 g/mol. The van der Waals surface area contributed by atoms with Crippen LogP contribution in [0.2, 0.25) is 0 Å². The highest BCUT2D eigenvalue weighted by atomic mass is 32.1. The minimum absolute atomic E-state index is 0.144. The van der Waals surface area contributed by atoms with E-state index in [-0.39, 0.29) is 5.75 Å². The number of aromatic hydroxyl groups is 1. The fraction of sp³-hybridized carbons (Fsp3) is 0.316. The van der Waals surface area contributed by atoms with E-state index in [1.54, 1.807) is 24.3 Å². The fourth-order valence-electron chi connectivity index (χ4n) is 3.20. The second-order valence-corrected chi connectivity index (χ2v) is 7.43. The summed E-state index contributed by atoms with van der Waals surface area (Å²) in [5.74, 6) is 0.684. The van der Waals surface area contributed by atoms with Gasteiger partial charge < -0.3 is 14.9 Å². The van der Waals surface area contributed by atoms with Gasteiger partial charge >= 0.3 is 0 Å². The number of para-hydroxylation sites is 1. The largest absolute Gasteiger partial charge is 0.504 e. The molecule has 5 nitrogen and oxygen atoms in total. The van der Waals surface area contributed by atoms with Gasteiger partial charge in [0.1, 0.15) is 11.6 Å². The number of ether oxygens (including phenoxy) is 1. The SMILES string of the molecule is C[C@@H](O)CN1CCOc2c(O)cc(-c3nc4ccccc4s3)cc2C1. The predicted octanol–water partition coefficient (Wildman–Crippen LogP) is 3.24. The molecule has 2 N–H and O–H groups in total. The number of phenolic OH excluding ortho intramolecular Hbond substituents is 1. The van der Waals surface area contributed by atoms with Gasteiger partial charge in [0, 0.05) is 30.8 Å². The van der Waals surface area contributed by atoms with Gasteiger partial charge in [0.15, 0.2) is 11.5 Å². The van der Waals surface area contributed by atoms with Gasteiger partial charge in [-0.2, -0.15) is 0 Å². The third-order valence-electron chi connectivity index (χ3n) is 4.26. The van der Waals surface area contributed by atoms with Crippen molar-refractivity contribution in [3.8, 4) is 22.1 Å². The van der Waals surface area contributed by atoms with E-state index in [0.717, 1.165) is 32.9 Å². The maximum absolute atomic E-state index is 10.5. The lowest BCUT2D eigenvalue weighted by Crippen LogP contribution is -2.32.